The highest BCUT2D eigenvalue weighted by molar-refractivity contribution is 6.03. The van der Waals surface area contributed by atoms with Gasteiger partial charge in [0.15, 0.2) is 5.78 Å². The molecule has 3 nitrogen and oxygen atoms in total. The van der Waals surface area contributed by atoms with Crippen LogP contribution in [0.15, 0.2) is 11.6 Å². The van der Waals surface area contributed by atoms with Crippen LogP contribution in [-0.2, 0) is 9.53 Å². The molecule has 0 bridgehead atoms. The minimum absolute atomic E-state index is 0.0442. The van der Waals surface area contributed by atoms with Gasteiger partial charge in [-0.15, -0.1) is 0 Å². The van der Waals surface area contributed by atoms with Crippen LogP contribution in [0.2, 0.25) is 0 Å². The number of carbonyl (C=O) groups is 1. The molecule has 0 aromatic rings. The third-order valence-electron chi connectivity index (χ3n) is 1.62. The molecular formula is C12H23NO2. The molecule has 0 unspecified atom stereocenters. The number of Topliss-reactive ketones (excluding diaryl/α,β-unsaturated/α-hetero) is 1. The second-order valence-corrected chi connectivity index (χ2v) is 2.93. The summed E-state index contributed by atoms with van der Waals surface area (Å²) in [5.74, 6) is 0.0442. The van der Waals surface area contributed by atoms with Gasteiger partial charge in [0.25, 0.3) is 0 Å². The highest BCUT2D eigenvalue weighted by Crippen LogP contribution is 2.06. The van der Waals surface area contributed by atoms with E-state index in [2.05, 4.69) is 0 Å². The molecule has 0 spiro atoms. The van der Waals surface area contributed by atoms with E-state index in [0.717, 1.165) is 12.8 Å². The maximum Gasteiger partial charge on any atom is 0.155 e. The van der Waals surface area contributed by atoms with Crippen LogP contribution in [0.5, 0.6) is 0 Å². The fraction of sp³-hybridized carbons (Fsp3) is 0.667. The Kier molecular flexibility index (Phi) is 12.2. The van der Waals surface area contributed by atoms with E-state index >= 15 is 0 Å². The van der Waals surface area contributed by atoms with Crippen LogP contribution in [0, 0.1) is 5.41 Å². The topological polar surface area (TPSA) is 50.1 Å². The van der Waals surface area contributed by atoms with Crippen molar-refractivity contribution in [3.8, 4) is 0 Å². The molecule has 0 saturated carbocycles. The highest BCUT2D eigenvalue weighted by atomic mass is 16.5. The van der Waals surface area contributed by atoms with Gasteiger partial charge in [-0.05, 0) is 25.0 Å². The molecule has 0 aromatic heterocycles. The van der Waals surface area contributed by atoms with E-state index in [9.17, 15) is 4.79 Å². The molecule has 3 heteroatoms. The molecule has 15 heavy (non-hydrogen) atoms. The van der Waals surface area contributed by atoms with E-state index in [4.69, 9.17) is 10.1 Å². The number of hydrogen-bond acceptors (Lipinski definition) is 3. The van der Waals surface area contributed by atoms with Crippen LogP contribution in [0.3, 0.4) is 0 Å². The van der Waals surface area contributed by atoms with E-state index in [1.54, 1.807) is 6.08 Å². The first kappa shape index (κ1) is 16.5. The Morgan fingerprint density at radius 2 is 1.93 bits per heavy atom. The molecule has 0 aromatic carbocycles. The van der Waals surface area contributed by atoms with Crippen molar-refractivity contribution in [1.29, 1.82) is 5.41 Å². The fourth-order valence-corrected chi connectivity index (χ4v) is 1.03. The maximum atomic E-state index is 11.1. The second-order valence-electron chi connectivity index (χ2n) is 2.93. The van der Waals surface area contributed by atoms with E-state index in [-0.39, 0.29) is 12.4 Å². The van der Waals surface area contributed by atoms with Crippen LogP contribution < -0.4 is 0 Å². The summed E-state index contributed by atoms with van der Waals surface area (Å²) >= 11 is 0. The van der Waals surface area contributed by atoms with Crippen molar-refractivity contribution < 1.29 is 9.53 Å². The van der Waals surface area contributed by atoms with Crippen LogP contribution in [0.25, 0.3) is 0 Å². The van der Waals surface area contributed by atoms with Gasteiger partial charge >= 0.3 is 0 Å². The van der Waals surface area contributed by atoms with Crippen molar-refractivity contribution in [2.45, 2.75) is 40.5 Å². The first-order valence-electron chi connectivity index (χ1n) is 5.39. The molecule has 1 N–H and O–H groups in total. The maximum absolute atomic E-state index is 11.1. The van der Waals surface area contributed by atoms with E-state index < -0.39 is 0 Å². The molecule has 0 aliphatic heterocycles. The predicted octanol–water partition coefficient (Wildman–Crippen LogP) is 2.99. The summed E-state index contributed by atoms with van der Waals surface area (Å²) in [4.78, 5) is 11.1. The molecular weight excluding hydrogens is 190 g/mol. The van der Waals surface area contributed by atoms with Gasteiger partial charge in [-0.25, -0.2) is 0 Å². The van der Waals surface area contributed by atoms with Gasteiger partial charge in [-0.1, -0.05) is 27.2 Å². The SMILES string of the molecule is CC.CCC/C(=C\C(=N)COC)C(C)=O. The van der Waals surface area contributed by atoms with Gasteiger partial charge in [-0.3, -0.25) is 4.79 Å². The predicted molar refractivity (Wildman–Crippen MR) is 64.6 cm³/mol. The minimum Gasteiger partial charge on any atom is -0.378 e. The molecule has 0 aliphatic carbocycles. The van der Waals surface area contributed by atoms with Crippen LogP contribution >= 0.6 is 0 Å². The van der Waals surface area contributed by atoms with Crippen molar-refractivity contribution in [3.05, 3.63) is 11.6 Å². The summed E-state index contributed by atoms with van der Waals surface area (Å²) < 4.78 is 4.78. The third kappa shape index (κ3) is 9.35. The van der Waals surface area contributed by atoms with Crippen molar-refractivity contribution in [2.75, 3.05) is 13.7 Å². The lowest BCUT2D eigenvalue weighted by molar-refractivity contribution is -0.113. The first-order valence-corrected chi connectivity index (χ1v) is 5.39. The number of ketones is 1. The quantitative estimate of drug-likeness (QED) is 0.544. The number of allylic oxidation sites excluding steroid dienone is 1. The number of ether oxygens (including phenoxy) is 1. The summed E-state index contributed by atoms with van der Waals surface area (Å²) in [5, 5.41) is 7.44. The van der Waals surface area contributed by atoms with E-state index in [1.165, 1.54) is 14.0 Å². The number of nitrogens with one attached hydrogen (secondary N) is 1. The Bertz CT molecular complexity index is 220. The zero-order chi connectivity index (χ0) is 12.3. The smallest absolute Gasteiger partial charge is 0.155 e. The molecule has 0 radical (unpaired) electrons. The first-order chi connectivity index (χ1) is 7.11. The van der Waals surface area contributed by atoms with Gasteiger partial charge in [-0.2, -0.15) is 0 Å². The second kappa shape index (κ2) is 11.1. The molecule has 88 valence electrons. The zero-order valence-corrected chi connectivity index (χ0v) is 10.5. The van der Waals surface area contributed by atoms with Crippen molar-refractivity contribution in [2.24, 2.45) is 0 Å². The van der Waals surface area contributed by atoms with Crippen molar-refractivity contribution in [3.63, 3.8) is 0 Å². The van der Waals surface area contributed by atoms with E-state index in [1.807, 2.05) is 20.8 Å². The molecule has 0 rings (SSSR count). The minimum atomic E-state index is 0.0442. The van der Waals surface area contributed by atoms with Gasteiger partial charge in [0.05, 0.1) is 12.3 Å². The Balaban J connectivity index is 0. The Morgan fingerprint density at radius 1 is 1.40 bits per heavy atom. The molecule has 0 heterocycles. The number of methoxy groups -OCH3 is 1. The number of rotatable bonds is 6. The van der Waals surface area contributed by atoms with Gasteiger partial charge in [0.1, 0.15) is 0 Å². The molecule has 0 saturated heterocycles. The third-order valence-corrected chi connectivity index (χ3v) is 1.62. The van der Waals surface area contributed by atoms with Crippen LogP contribution in [-0.4, -0.2) is 25.2 Å². The summed E-state index contributed by atoms with van der Waals surface area (Å²) in [6.07, 6.45) is 3.27. The highest BCUT2D eigenvalue weighted by Gasteiger charge is 2.03. The average Bonchev–Trinajstić information content (AvgIpc) is 2.20. The zero-order valence-electron chi connectivity index (χ0n) is 10.5. The van der Waals surface area contributed by atoms with Crippen molar-refractivity contribution >= 4 is 11.5 Å². The Hall–Kier alpha value is -0.960. The fourth-order valence-electron chi connectivity index (χ4n) is 1.03. The van der Waals surface area contributed by atoms with Gasteiger partial charge in [0, 0.05) is 7.11 Å². The molecule has 0 fully saturated rings. The van der Waals surface area contributed by atoms with Gasteiger partial charge < -0.3 is 10.1 Å². The Morgan fingerprint density at radius 3 is 2.27 bits per heavy atom. The monoisotopic (exact) mass is 213 g/mol. The molecule has 0 aliphatic rings. The standard InChI is InChI=1S/C10H17NO2.C2H6/c1-4-5-9(8(2)12)6-10(11)7-13-3;1-2/h6,11H,4-5,7H2,1-3H3;1-2H3/b9-6+,11-10?;. The van der Waals surface area contributed by atoms with Crippen molar-refractivity contribution in [1.82, 2.24) is 0 Å². The largest absolute Gasteiger partial charge is 0.378 e. The summed E-state index contributed by atoms with van der Waals surface area (Å²) in [5.41, 5.74) is 1.06. The molecule has 0 atom stereocenters. The normalized spacial score (nSPS) is 10.3. The summed E-state index contributed by atoms with van der Waals surface area (Å²) in [6.45, 7) is 7.80. The van der Waals surface area contributed by atoms with E-state index in [0.29, 0.717) is 11.3 Å². The number of hydrogen-bond donors (Lipinski definition) is 1. The van der Waals surface area contributed by atoms with Gasteiger partial charge in [0.2, 0.25) is 0 Å². The van der Waals surface area contributed by atoms with Crippen LogP contribution in [0.1, 0.15) is 40.5 Å². The number of carbonyl (C=O) groups excluding carboxylic acids is 1. The summed E-state index contributed by atoms with van der Waals surface area (Å²) in [6, 6.07) is 0. The average molecular weight is 213 g/mol. The Labute approximate surface area is 93.0 Å². The lowest BCUT2D eigenvalue weighted by Gasteiger charge is -2.02. The van der Waals surface area contributed by atoms with Crippen LogP contribution in [0.4, 0.5) is 0 Å². The lowest BCUT2D eigenvalue weighted by Crippen LogP contribution is -2.06. The summed E-state index contributed by atoms with van der Waals surface area (Å²) in [7, 11) is 1.54. The molecule has 0 amide bonds. The lowest BCUT2D eigenvalue weighted by atomic mass is 10.1.